The van der Waals surface area contributed by atoms with Crippen molar-refractivity contribution >= 4 is 17.7 Å². The van der Waals surface area contributed by atoms with Gasteiger partial charge in [-0.05, 0) is 88.8 Å². The number of hydrogen-bond donors (Lipinski definition) is 1. The summed E-state index contributed by atoms with van der Waals surface area (Å²) in [4.78, 5) is 23.3. The number of nitrogens with one attached hydrogen (secondary N) is 1. The smallest absolute Gasteiger partial charge is 0.410 e. The van der Waals surface area contributed by atoms with Gasteiger partial charge < -0.3 is 33.9 Å². The molecular formula is C36H45N5O6. The molecule has 47 heavy (non-hydrogen) atoms. The van der Waals surface area contributed by atoms with Gasteiger partial charge >= 0.3 is 6.09 Å². The second kappa shape index (κ2) is 15.8. The predicted octanol–water partition coefficient (Wildman–Crippen LogP) is 7.13. The van der Waals surface area contributed by atoms with Crippen LogP contribution in [-0.2, 0) is 9.47 Å². The molecule has 2 aliphatic heterocycles. The van der Waals surface area contributed by atoms with Gasteiger partial charge in [-0.1, -0.05) is 0 Å². The van der Waals surface area contributed by atoms with Gasteiger partial charge in [-0.25, -0.2) is 14.8 Å². The van der Waals surface area contributed by atoms with Gasteiger partial charge in [0.25, 0.3) is 0 Å². The van der Waals surface area contributed by atoms with E-state index in [0.29, 0.717) is 60.2 Å². The van der Waals surface area contributed by atoms with Crippen LogP contribution in [0.5, 0.6) is 17.2 Å². The number of rotatable bonds is 11. The Labute approximate surface area is 277 Å². The minimum absolute atomic E-state index is 0.0468. The van der Waals surface area contributed by atoms with Crippen molar-refractivity contribution in [3.8, 4) is 34.6 Å². The topological polar surface area (TPSA) is 128 Å². The van der Waals surface area contributed by atoms with Crippen LogP contribution in [0.3, 0.4) is 0 Å². The van der Waals surface area contributed by atoms with Crippen LogP contribution < -0.4 is 19.5 Å². The molecule has 3 heterocycles. The average molecular weight is 644 g/mol. The summed E-state index contributed by atoms with van der Waals surface area (Å²) in [6.45, 7) is 9.01. The molecule has 11 nitrogen and oxygen atoms in total. The zero-order valence-corrected chi connectivity index (χ0v) is 27.8. The largest absolute Gasteiger partial charge is 0.493 e. The average Bonchev–Trinajstić information content (AvgIpc) is 3.07. The van der Waals surface area contributed by atoms with Gasteiger partial charge in [-0.15, -0.1) is 0 Å². The molecule has 2 fully saturated rings. The van der Waals surface area contributed by atoms with Crippen molar-refractivity contribution in [2.45, 2.75) is 71.0 Å². The third-order valence-electron chi connectivity index (χ3n) is 8.21. The van der Waals surface area contributed by atoms with Crippen LogP contribution in [-0.4, -0.2) is 72.7 Å². The van der Waals surface area contributed by atoms with Crippen LogP contribution in [0.15, 0.2) is 48.7 Å². The summed E-state index contributed by atoms with van der Waals surface area (Å²) in [7, 11) is 1.62. The standard InChI is InChI=1S/C36H45N5O6/c1-36(2,3)47-35(42)41-17-12-25(13-18-41)6-5-19-45-33-23-28(8-10-32(33)43-4)39-34-38-16-11-30(40-34)26-7-9-31(27(22-26)24-37)46-29-14-20-44-21-15-29/h7-11,16,22-23,25,29H,5-6,12-15,17-21H2,1-4H3,(H,38,39,40). The van der Waals surface area contributed by atoms with Crippen molar-refractivity contribution in [3.05, 3.63) is 54.2 Å². The molecule has 0 bridgehead atoms. The number of benzene rings is 2. The highest BCUT2D eigenvalue weighted by Gasteiger charge is 2.26. The zero-order valence-electron chi connectivity index (χ0n) is 27.8. The van der Waals surface area contributed by atoms with E-state index in [1.54, 1.807) is 19.4 Å². The van der Waals surface area contributed by atoms with Crippen LogP contribution in [0.4, 0.5) is 16.4 Å². The van der Waals surface area contributed by atoms with Gasteiger partial charge in [-0.3, -0.25) is 0 Å². The number of carbonyl (C=O) groups is 1. The van der Waals surface area contributed by atoms with Gasteiger partial charge in [0.05, 0.1) is 38.2 Å². The Bertz CT molecular complexity index is 1540. The molecule has 1 aromatic heterocycles. The first-order valence-corrected chi connectivity index (χ1v) is 16.4. The first kappa shape index (κ1) is 33.8. The Kier molecular flexibility index (Phi) is 11.4. The van der Waals surface area contributed by atoms with E-state index in [2.05, 4.69) is 16.4 Å². The Morgan fingerprint density at radius 1 is 1.04 bits per heavy atom. The molecular weight excluding hydrogens is 598 g/mol. The Hall–Kier alpha value is -4.56. The van der Waals surface area contributed by atoms with Crippen molar-refractivity contribution < 1.29 is 28.5 Å². The summed E-state index contributed by atoms with van der Waals surface area (Å²) < 4.78 is 28.7. The minimum atomic E-state index is -0.479. The summed E-state index contributed by atoms with van der Waals surface area (Å²) >= 11 is 0. The van der Waals surface area contributed by atoms with E-state index in [9.17, 15) is 10.1 Å². The molecule has 11 heteroatoms. The monoisotopic (exact) mass is 643 g/mol. The maximum atomic E-state index is 12.4. The van der Waals surface area contributed by atoms with Gasteiger partial charge in [-0.2, -0.15) is 5.26 Å². The fourth-order valence-electron chi connectivity index (χ4n) is 5.71. The van der Waals surface area contributed by atoms with Gasteiger partial charge in [0.15, 0.2) is 11.5 Å². The number of carbonyl (C=O) groups excluding carboxylic acids is 1. The van der Waals surface area contributed by atoms with E-state index in [4.69, 9.17) is 28.7 Å². The first-order chi connectivity index (χ1) is 22.7. The lowest BCUT2D eigenvalue weighted by molar-refractivity contribution is 0.0179. The summed E-state index contributed by atoms with van der Waals surface area (Å²) in [5, 5.41) is 13.1. The van der Waals surface area contributed by atoms with Crippen molar-refractivity contribution in [2.75, 3.05) is 45.3 Å². The number of amides is 1. The molecule has 0 aliphatic carbocycles. The maximum Gasteiger partial charge on any atom is 0.410 e. The molecule has 2 aromatic carbocycles. The van der Waals surface area contributed by atoms with Gasteiger partial charge in [0.2, 0.25) is 5.95 Å². The van der Waals surface area contributed by atoms with Crippen LogP contribution in [0.1, 0.15) is 64.9 Å². The predicted molar refractivity (Wildman–Crippen MR) is 178 cm³/mol. The zero-order chi connectivity index (χ0) is 33.2. The Balaban J connectivity index is 1.15. The number of nitrogens with zero attached hydrogens (tertiary/aromatic N) is 4. The van der Waals surface area contributed by atoms with E-state index < -0.39 is 5.60 Å². The molecule has 1 N–H and O–H groups in total. The molecule has 1 amide bonds. The number of aromatic nitrogens is 2. The summed E-state index contributed by atoms with van der Waals surface area (Å²) in [6.07, 6.45) is 6.97. The van der Waals surface area contributed by atoms with Crippen LogP contribution >= 0.6 is 0 Å². The molecule has 0 saturated carbocycles. The highest BCUT2D eigenvalue weighted by molar-refractivity contribution is 5.68. The fraction of sp³-hybridized carbons (Fsp3) is 0.500. The minimum Gasteiger partial charge on any atom is -0.493 e. The van der Waals surface area contributed by atoms with Gasteiger partial charge in [0, 0.05) is 49.4 Å². The Morgan fingerprint density at radius 2 is 1.81 bits per heavy atom. The quantitative estimate of drug-likeness (QED) is 0.216. The normalized spacial score (nSPS) is 15.9. The third kappa shape index (κ3) is 9.72. The molecule has 0 spiro atoms. The van der Waals surface area contributed by atoms with E-state index in [1.165, 1.54) is 0 Å². The van der Waals surface area contributed by atoms with Crippen LogP contribution in [0, 0.1) is 17.2 Å². The number of ether oxygens (including phenoxy) is 5. The number of likely N-dealkylation sites (tertiary alicyclic amines) is 1. The van der Waals surface area contributed by atoms with Crippen molar-refractivity contribution in [1.82, 2.24) is 14.9 Å². The molecule has 3 aromatic rings. The second-order valence-corrected chi connectivity index (χ2v) is 12.9. The van der Waals surface area contributed by atoms with Crippen LogP contribution in [0.2, 0.25) is 0 Å². The highest BCUT2D eigenvalue weighted by Crippen LogP contribution is 2.33. The molecule has 0 radical (unpaired) electrons. The maximum absolute atomic E-state index is 12.4. The SMILES string of the molecule is COc1ccc(Nc2nccc(-c3ccc(OC4CCOCC4)c(C#N)c3)n2)cc1OCCCC1CCN(C(=O)OC(C)(C)C)CC1. The summed E-state index contributed by atoms with van der Waals surface area (Å²) in [5.74, 6) is 2.81. The number of nitriles is 1. The van der Waals surface area contributed by atoms with Crippen molar-refractivity contribution in [3.63, 3.8) is 0 Å². The molecule has 2 aliphatic rings. The summed E-state index contributed by atoms with van der Waals surface area (Å²) in [5.41, 5.74) is 2.21. The van der Waals surface area contributed by atoms with E-state index >= 15 is 0 Å². The van der Waals surface area contributed by atoms with E-state index in [0.717, 1.165) is 62.9 Å². The summed E-state index contributed by atoms with van der Waals surface area (Å²) in [6, 6.07) is 15.2. The number of methoxy groups -OCH3 is 1. The van der Waals surface area contributed by atoms with Crippen molar-refractivity contribution in [2.24, 2.45) is 5.92 Å². The number of hydrogen-bond acceptors (Lipinski definition) is 10. The molecule has 2 saturated heterocycles. The lowest BCUT2D eigenvalue weighted by Gasteiger charge is -2.33. The van der Waals surface area contributed by atoms with E-state index in [1.807, 2.05) is 62.1 Å². The molecule has 0 unspecified atom stereocenters. The number of anilines is 2. The lowest BCUT2D eigenvalue weighted by atomic mass is 9.92. The third-order valence-corrected chi connectivity index (χ3v) is 8.21. The lowest BCUT2D eigenvalue weighted by Crippen LogP contribution is -2.41. The fourth-order valence-corrected chi connectivity index (χ4v) is 5.71. The first-order valence-electron chi connectivity index (χ1n) is 16.4. The van der Waals surface area contributed by atoms with E-state index in [-0.39, 0.29) is 12.2 Å². The second-order valence-electron chi connectivity index (χ2n) is 12.9. The highest BCUT2D eigenvalue weighted by atomic mass is 16.6. The van der Waals surface area contributed by atoms with Gasteiger partial charge in [0.1, 0.15) is 23.5 Å². The van der Waals surface area contributed by atoms with Crippen molar-refractivity contribution in [1.29, 1.82) is 5.26 Å². The molecule has 5 rings (SSSR count). The molecule has 250 valence electrons. The molecule has 0 atom stereocenters. The number of piperidine rings is 1. The Morgan fingerprint density at radius 3 is 2.53 bits per heavy atom. The van der Waals surface area contributed by atoms with Crippen LogP contribution in [0.25, 0.3) is 11.3 Å².